The number of hydrogen-bond donors (Lipinski definition) is 1. The summed E-state index contributed by atoms with van der Waals surface area (Å²) in [6.45, 7) is 6.22. The molecule has 1 aromatic rings. The lowest BCUT2D eigenvalue weighted by Gasteiger charge is -2.36. The Morgan fingerprint density at radius 2 is 2.00 bits per heavy atom. The predicted octanol–water partition coefficient (Wildman–Crippen LogP) is 1.42. The monoisotopic (exact) mass is 264 g/mol. The van der Waals surface area contributed by atoms with E-state index in [1.807, 2.05) is 4.68 Å². The van der Waals surface area contributed by atoms with Crippen LogP contribution in [0.25, 0.3) is 0 Å². The smallest absolute Gasteiger partial charge is 0.141 e. The van der Waals surface area contributed by atoms with Crippen molar-refractivity contribution in [3.63, 3.8) is 0 Å². The Hall–Kier alpha value is -0.940. The summed E-state index contributed by atoms with van der Waals surface area (Å²) in [6, 6.07) is 1.08. The topological polar surface area (TPSA) is 54.2 Å². The van der Waals surface area contributed by atoms with E-state index in [-0.39, 0.29) is 6.10 Å². The first-order valence-electron chi connectivity index (χ1n) is 7.44. The molecule has 106 valence electrons. The van der Waals surface area contributed by atoms with Gasteiger partial charge in [-0.05, 0) is 31.6 Å². The maximum atomic E-state index is 9.85. The third-order valence-corrected chi connectivity index (χ3v) is 4.42. The molecule has 0 saturated carbocycles. The van der Waals surface area contributed by atoms with E-state index in [4.69, 9.17) is 0 Å². The molecular formula is C14H24N4O. The molecule has 2 aliphatic rings. The normalized spacial score (nSPS) is 31.3. The molecule has 3 heterocycles. The highest BCUT2D eigenvalue weighted by Crippen LogP contribution is 2.36. The van der Waals surface area contributed by atoms with Crippen molar-refractivity contribution in [3.8, 4) is 0 Å². The maximum absolute atomic E-state index is 9.85. The second kappa shape index (κ2) is 5.21. The third kappa shape index (κ3) is 2.67. The number of fused-ring (bicyclic) bond motifs is 2. The van der Waals surface area contributed by atoms with Gasteiger partial charge < -0.3 is 5.11 Å². The minimum absolute atomic E-state index is 0.0951. The van der Waals surface area contributed by atoms with Gasteiger partial charge in [-0.1, -0.05) is 13.8 Å². The van der Waals surface area contributed by atoms with Crippen LogP contribution >= 0.6 is 0 Å². The molecule has 2 fully saturated rings. The average molecular weight is 264 g/mol. The molecule has 1 aromatic heterocycles. The number of hydrogen-bond acceptors (Lipinski definition) is 4. The molecule has 5 heteroatoms. The Morgan fingerprint density at radius 1 is 1.32 bits per heavy atom. The molecule has 2 saturated heterocycles. The van der Waals surface area contributed by atoms with Gasteiger partial charge in [0.25, 0.3) is 0 Å². The van der Waals surface area contributed by atoms with Crippen molar-refractivity contribution in [1.29, 1.82) is 0 Å². The van der Waals surface area contributed by atoms with Gasteiger partial charge in [0, 0.05) is 18.6 Å². The molecule has 0 aromatic carbocycles. The van der Waals surface area contributed by atoms with E-state index in [0.29, 0.717) is 18.0 Å². The zero-order chi connectivity index (χ0) is 13.4. The minimum Gasteiger partial charge on any atom is -0.393 e. The molecule has 0 amide bonds. The summed E-state index contributed by atoms with van der Waals surface area (Å²) < 4.78 is 2.04. The summed E-state index contributed by atoms with van der Waals surface area (Å²) in [7, 11) is 0. The van der Waals surface area contributed by atoms with E-state index in [9.17, 15) is 5.11 Å². The van der Waals surface area contributed by atoms with Crippen LogP contribution in [0.5, 0.6) is 0 Å². The predicted molar refractivity (Wildman–Crippen MR) is 72.5 cm³/mol. The first kappa shape index (κ1) is 13.1. The zero-order valence-electron chi connectivity index (χ0n) is 11.9. The molecule has 2 aliphatic heterocycles. The van der Waals surface area contributed by atoms with Gasteiger partial charge in [0.1, 0.15) is 12.2 Å². The highest BCUT2D eigenvalue weighted by atomic mass is 16.3. The molecule has 19 heavy (non-hydrogen) atoms. The van der Waals surface area contributed by atoms with Crippen molar-refractivity contribution < 1.29 is 5.11 Å². The number of rotatable bonds is 4. The quantitative estimate of drug-likeness (QED) is 0.893. The standard InChI is InChI=1S/C14H24N4O/c1-10(2)7-18-14(15-9-16-18)8-17-11-3-4-12(17)6-13(19)5-11/h9-13,19H,3-8H2,1-2H3. The number of piperidine rings is 1. The van der Waals surface area contributed by atoms with E-state index in [0.717, 1.165) is 31.8 Å². The number of aliphatic hydroxyl groups excluding tert-OH is 1. The van der Waals surface area contributed by atoms with Crippen LogP contribution in [0.4, 0.5) is 0 Å². The van der Waals surface area contributed by atoms with Gasteiger partial charge in [0.05, 0.1) is 12.6 Å². The molecule has 0 aliphatic carbocycles. The number of nitrogens with zero attached hydrogens (tertiary/aromatic N) is 4. The zero-order valence-corrected chi connectivity index (χ0v) is 11.9. The van der Waals surface area contributed by atoms with Crippen LogP contribution in [-0.4, -0.2) is 43.0 Å². The molecule has 0 spiro atoms. The Labute approximate surface area is 114 Å². The number of aliphatic hydroxyl groups is 1. The Balaban J connectivity index is 1.70. The van der Waals surface area contributed by atoms with Gasteiger partial charge in [-0.2, -0.15) is 5.10 Å². The summed E-state index contributed by atoms with van der Waals surface area (Å²) in [4.78, 5) is 6.96. The second-order valence-electron chi connectivity index (χ2n) is 6.43. The molecule has 0 radical (unpaired) electrons. The Kier molecular flexibility index (Phi) is 3.58. The SMILES string of the molecule is CC(C)Cn1ncnc1CN1C2CCC1CC(O)C2. The van der Waals surface area contributed by atoms with E-state index in [2.05, 4.69) is 28.8 Å². The van der Waals surface area contributed by atoms with Gasteiger partial charge in [0.2, 0.25) is 0 Å². The summed E-state index contributed by atoms with van der Waals surface area (Å²) in [5.74, 6) is 1.65. The van der Waals surface area contributed by atoms with E-state index in [1.54, 1.807) is 6.33 Å². The van der Waals surface area contributed by atoms with Crippen molar-refractivity contribution >= 4 is 0 Å². The van der Waals surface area contributed by atoms with Crippen molar-refractivity contribution in [3.05, 3.63) is 12.2 Å². The van der Waals surface area contributed by atoms with Gasteiger partial charge in [0.15, 0.2) is 0 Å². The van der Waals surface area contributed by atoms with Crippen LogP contribution < -0.4 is 0 Å². The first-order valence-corrected chi connectivity index (χ1v) is 7.44. The fourth-order valence-corrected chi connectivity index (χ4v) is 3.58. The van der Waals surface area contributed by atoms with Crippen LogP contribution in [0.15, 0.2) is 6.33 Å². The first-order chi connectivity index (χ1) is 9.13. The molecule has 2 unspecified atom stereocenters. The Bertz CT molecular complexity index is 417. The Morgan fingerprint density at radius 3 is 2.63 bits per heavy atom. The van der Waals surface area contributed by atoms with Gasteiger partial charge in [-0.3, -0.25) is 4.90 Å². The fraction of sp³-hybridized carbons (Fsp3) is 0.857. The molecule has 3 rings (SSSR count). The lowest BCUT2D eigenvalue weighted by Crippen LogP contribution is -2.44. The van der Waals surface area contributed by atoms with Gasteiger partial charge in [-0.25, -0.2) is 9.67 Å². The number of aromatic nitrogens is 3. The van der Waals surface area contributed by atoms with Crippen molar-refractivity contribution in [2.75, 3.05) is 0 Å². The summed E-state index contributed by atoms with van der Waals surface area (Å²) >= 11 is 0. The highest BCUT2D eigenvalue weighted by molar-refractivity contribution is 4.98. The highest BCUT2D eigenvalue weighted by Gasteiger charge is 2.40. The minimum atomic E-state index is -0.0951. The van der Waals surface area contributed by atoms with Gasteiger partial charge in [-0.15, -0.1) is 0 Å². The van der Waals surface area contributed by atoms with Crippen LogP contribution in [0, 0.1) is 5.92 Å². The van der Waals surface area contributed by atoms with Crippen LogP contribution in [0.3, 0.4) is 0 Å². The third-order valence-electron chi connectivity index (χ3n) is 4.42. The van der Waals surface area contributed by atoms with Crippen molar-refractivity contribution in [2.24, 2.45) is 5.92 Å². The average Bonchev–Trinajstić information content (AvgIpc) is 2.84. The largest absolute Gasteiger partial charge is 0.393 e. The van der Waals surface area contributed by atoms with E-state index >= 15 is 0 Å². The van der Waals surface area contributed by atoms with Crippen LogP contribution in [-0.2, 0) is 13.1 Å². The summed E-state index contributed by atoms with van der Waals surface area (Å²) in [5, 5.41) is 14.2. The van der Waals surface area contributed by atoms with E-state index < -0.39 is 0 Å². The van der Waals surface area contributed by atoms with Crippen LogP contribution in [0.2, 0.25) is 0 Å². The lowest BCUT2D eigenvalue weighted by atomic mass is 10.00. The molecule has 2 atom stereocenters. The lowest BCUT2D eigenvalue weighted by molar-refractivity contribution is 0.0288. The maximum Gasteiger partial charge on any atom is 0.141 e. The van der Waals surface area contributed by atoms with Crippen molar-refractivity contribution in [2.45, 2.75) is 70.8 Å². The molecule has 2 bridgehead atoms. The molecule has 1 N–H and O–H groups in total. The van der Waals surface area contributed by atoms with Crippen LogP contribution in [0.1, 0.15) is 45.4 Å². The van der Waals surface area contributed by atoms with Gasteiger partial charge >= 0.3 is 0 Å². The van der Waals surface area contributed by atoms with Crippen molar-refractivity contribution in [1.82, 2.24) is 19.7 Å². The summed E-state index contributed by atoms with van der Waals surface area (Å²) in [6.07, 6.45) is 5.87. The summed E-state index contributed by atoms with van der Waals surface area (Å²) in [5.41, 5.74) is 0. The fourth-order valence-electron chi connectivity index (χ4n) is 3.58. The second-order valence-corrected chi connectivity index (χ2v) is 6.43. The molecular weight excluding hydrogens is 240 g/mol. The van der Waals surface area contributed by atoms with E-state index in [1.165, 1.54) is 12.8 Å². The molecule has 5 nitrogen and oxygen atoms in total.